The number of amides is 1. The summed E-state index contributed by atoms with van der Waals surface area (Å²) >= 11 is 0. The molecule has 1 aromatic heterocycles. The predicted octanol–water partition coefficient (Wildman–Crippen LogP) is 0.453. The van der Waals surface area contributed by atoms with Gasteiger partial charge in [0.15, 0.2) is 5.76 Å². The molecule has 1 amide bonds. The van der Waals surface area contributed by atoms with Crippen molar-refractivity contribution in [1.82, 2.24) is 4.90 Å². The van der Waals surface area contributed by atoms with Gasteiger partial charge >= 0.3 is 0 Å². The normalized spacial score (nSPS) is 34.4. The van der Waals surface area contributed by atoms with Crippen LogP contribution < -0.4 is 5.73 Å². The number of nitrogens with zero attached hydrogens (tertiary/aromatic N) is 1. The Morgan fingerprint density at radius 1 is 1.71 bits per heavy atom. The Labute approximate surface area is 81.7 Å². The third-order valence-corrected chi connectivity index (χ3v) is 3.22. The van der Waals surface area contributed by atoms with Crippen LogP contribution in [0.4, 0.5) is 0 Å². The molecule has 14 heavy (non-hydrogen) atoms. The number of piperidine rings is 1. The number of fused-ring (bicyclic) bond motifs is 1. The molecule has 1 aliphatic carbocycles. The monoisotopic (exact) mass is 192 g/mol. The second-order valence-corrected chi connectivity index (χ2v) is 4.30. The lowest BCUT2D eigenvalue weighted by Crippen LogP contribution is -2.36. The molecule has 0 spiro atoms. The molecule has 4 nitrogen and oxygen atoms in total. The quantitative estimate of drug-likeness (QED) is 0.703. The zero-order valence-corrected chi connectivity index (χ0v) is 7.77. The van der Waals surface area contributed by atoms with Gasteiger partial charge in [-0.3, -0.25) is 4.79 Å². The highest BCUT2D eigenvalue weighted by atomic mass is 16.3. The molecule has 0 aromatic carbocycles. The van der Waals surface area contributed by atoms with Crippen molar-refractivity contribution in [2.45, 2.75) is 12.0 Å². The van der Waals surface area contributed by atoms with E-state index in [1.807, 2.05) is 0 Å². The SMILES string of the molecule is N[C@@]12C[C@@H]1CN(C(=O)c1ccco1)C2. The van der Waals surface area contributed by atoms with E-state index < -0.39 is 0 Å². The van der Waals surface area contributed by atoms with Crippen molar-refractivity contribution in [3.8, 4) is 0 Å². The number of hydrogen-bond acceptors (Lipinski definition) is 3. The fraction of sp³-hybridized carbons (Fsp3) is 0.500. The Morgan fingerprint density at radius 3 is 3.14 bits per heavy atom. The molecule has 2 heterocycles. The van der Waals surface area contributed by atoms with E-state index in [-0.39, 0.29) is 11.4 Å². The summed E-state index contributed by atoms with van der Waals surface area (Å²) in [6, 6.07) is 3.41. The van der Waals surface area contributed by atoms with Gasteiger partial charge < -0.3 is 15.1 Å². The predicted molar refractivity (Wildman–Crippen MR) is 49.6 cm³/mol. The fourth-order valence-corrected chi connectivity index (χ4v) is 2.24. The minimum absolute atomic E-state index is 0.0352. The molecule has 2 aliphatic rings. The lowest BCUT2D eigenvalue weighted by Gasteiger charge is -2.17. The first-order valence-corrected chi connectivity index (χ1v) is 4.81. The van der Waals surface area contributed by atoms with Crippen LogP contribution in [0, 0.1) is 5.92 Å². The highest BCUT2D eigenvalue weighted by Gasteiger charge is 2.58. The first-order valence-electron chi connectivity index (χ1n) is 4.81. The van der Waals surface area contributed by atoms with Gasteiger partial charge in [0, 0.05) is 18.6 Å². The lowest BCUT2D eigenvalue weighted by molar-refractivity contribution is 0.0741. The van der Waals surface area contributed by atoms with Crippen LogP contribution in [0.15, 0.2) is 22.8 Å². The van der Waals surface area contributed by atoms with Crippen molar-refractivity contribution in [3.05, 3.63) is 24.2 Å². The number of carbonyl (C=O) groups excluding carboxylic acids is 1. The Morgan fingerprint density at radius 2 is 2.57 bits per heavy atom. The van der Waals surface area contributed by atoms with Crippen molar-refractivity contribution < 1.29 is 9.21 Å². The summed E-state index contributed by atoms with van der Waals surface area (Å²) in [5, 5.41) is 0. The van der Waals surface area contributed by atoms with E-state index in [0.29, 0.717) is 18.2 Å². The number of nitrogens with two attached hydrogens (primary N) is 1. The van der Waals surface area contributed by atoms with Crippen molar-refractivity contribution in [2.24, 2.45) is 11.7 Å². The molecule has 1 saturated heterocycles. The Balaban J connectivity index is 1.76. The van der Waals surface area contributed by atoms with Crippen LogP contribution in [0.5, 0.6) is 0 Å². The van der Waals surface area contributed by atoms with E-state index in [4.69, 9.17) is 10.2 Å². The first-order chi connectivity index (χ1) is 6.69. The topological polar surface area (TPSA) is 59.5 Å². The molecule has 2 fully saturated rings. The molecule has 0 radical (unpaired) electrons. The zero-order chi connectivity index (χ0) is 9.76. The largest absolute Gasteiger partial charge is 0.459 e. The van der Waals surface area contributed by atoms with Gasteiger partial charge in [0.25, 0.3) is 5.91 Å². The molecule has 0 unspecified atom stereocenters. The van der Waals surface area contributed by atoms with Crippen LogP contribution >= 0.6 is 0 Å². The second-order valence-electron chi connectivity index (χ2n) is 4.30. The van der Waals surface area contributed by atoms with Gasteiger partial charge in [-0.2, -0.15) is 0 Å². The van der Waals surface area contributed by atoms with Gasteiger partial charge in [0.05, 0.1) is 6.26 Å². The van der Waals surface area contributed by atoms with Crippen LogP contribution in [0.1, 0.15) is 17.0 Å². The maximum atomic E-state index is 11.8. The molecule has 74 valence electrons. The average molecular weight is 192 g/mol. The molecule has 1 saturated carbocycles. The third-order valence-electron chi connectivity index (χ3n) is 3.22. The summed E-state index contributed by atoms with van der Waals surface area (Å²) in [6.45, 7) is 1.47. The van der Waals surface area contributed by atoms with E-state index in [2.05, 4.69) is 0 Å². The minimum Gasteiger partial charge on any atom is -0.459 e. The molecule has 2 N–H and O–H groups in total. The fourth-order valence-electron chi connectivity index (χ4n) is 2.24. The minimum atomic E-state index is -0.0811. The maximum Gasteiger partial charge on any atom is 0.289 e. The summed E-state index contributed by atoms with van der Waals surface area (Å²) in [4.78, 5) is 13.6. The summed E-state index contributed by atoms with van der Waals surface area (Å²) in [6.07, 6.45) is 2.58. The van der Waals surface area contributed by atoms with Crippen molar-refractivity contribution >= 4 is 5.91 Å². The van der Waals surface area contributed by atoms with Crippen LogP contribution in [0.3, 0.4) is 0 Å². The molecule has 3 rings (SSSR count). The van der Waals surface area contributed by atoms with E-state index in [0.717, 1.165) is 13.0 Å². The van der Waals surface area contributed by atoms with Crippen LogP contribution in [0.2, 0.25) is 0 Å². The highest BCUT2D eigenvalue weighted by molar-refractivity contribution is 5.91. The summed E-state index contributed by atoms with van der Waals surface area (Å²) in [5.41, 5.74) is 5.93. The van der Waals surface area contributed by atoms with Crippen molar-refractivity contribution in [1.29, 1.82) is 0 Å². The molecular weight excluding hydrogens is 180 g/mol. The standard InChI is InChI=1S/C10H12N2O2/c11-10-4-7(10)5-12(6-10)9(13)8-2-1-3-14-8/h1-3,7H,4-6,11H2/t7-,10-/m1/s1. The van der Waals surface area contributed by atoms with E-state index >= 15 is 0 Å². The Bertz CT molecular complexity index is 373. The summed E-state index contributed by atoms with van der Waals surface area (Å²) < 4.78 is 5.06. The van der Waals surface area contributed by atoms with E-state index in [1.165, 1.54) is 6.26 Å². The summed E-state index contributed by atoms with van der Waals surface area (Å²) in [7, 11) is 0. The van der Waals surface area contributed by atoms with Crippen molar-refractivity contribution in [2.75, 3.05) is 13.1 Å². The molecule has 4 heteroatoms. The van der Waals surface area contributed by atoms with Gasteiger partial charge in [-0.15, -0.1) is 0 Å². The molecule has 1 aliphatic heterocycles. The molecule has 0 bridgehead atoms. The number of likely N-dealkylation sites (tertiary alicyclic amines) is 1. The van der Waals surface area contributed by atoms with E-state index in [1.54, 1.807) is 17.0 Å². The maximum absolute atomic E-state index is 11.8. The van der Waals surface area contributed by atoms with Crippen LogP contribution in [-0.4, -0.2) is 29.4 Å². The highest BCUT2D eigenvalue weighted by Crippen LogP contribution is 2.47. The molecule has 1 aromatic rings. The van der Waals surface area contributed by atoms with E-state index in [9.17, 15) is 4.79 Å². The number of hydrogen-bond donors (Lipinski definition) is 1. The second kappa shape index (κ2) is 2.39. The molecular formula is C10H12N2O2. The zero-order valence-electron chi connectivity index (χ0n) is 7.77. The first kappa shape index (κ1) is 8.05. The van der Waals surface area contributed by atoms with Gasteiger partial charge in [0.2, 0.25) is 0 Å². The van der Waals surface area contributed by atoms with Gasteiger partial charge in [-0.25, -0.2) is 0 Å². The summed E-state index contributed by atoms with van der Waals surface area (Å²) in [5.74, 6) is 0.892. The van der Waals surface area contributed by atoms with Gasteiger partial charge in [-0.05, 0) is 24.5 Å². The van der Waals surface area contributed by atoms with Crippen molar-refractivity contribution in [3.63, 3.8) is 0 Å². The number of furan rings is 1. The van der Waals surface area contributed by atoms with Crippen LogP contribution in [-0.2, 0) is 0 Å². The Kier molecular flexibility index (Phi) is 1.37. The Hall–Kier alpha value is -1.29. The lowest BCUT2D eigenvalue weighted by atomic mass is 10.3. The van der Waals surface area contributed by atoms with Gasteiger partial charge in [0.1, 0.15) is 0 Å². The molecule has 2 atom stereocenters. The third kappa shape index (κ3) is 1.00. The van der Waals surface area contributed by atoms with Crippen LogP contribution in [0.25, 0.3) is 0 Å². The van der Waals surface area contributed by atoms with Gasteiger partial charge in [-0.1, -0.05) is 0 Å². The number of carbonyl (C=O) groups is 1. The smallest absolute Gasteiger partial charge is 0.289 e. The average Bonchev–Trinajstić information content (AvgIpc) is 2.64. The number of rotatable bonds is 1.